The molecule has 4 N–H and O–H groups in total. The average molecular weight is 207 g/mol. The minimum atomic E-state index is -1.40. The Morgan fingerprint density at radius 1 is 1.15 bits per heavy atom. The number of ether oxygens (including phenoxy) is 1. The van der Waals surface area contributed by atoms with Crippen LogP contribution in [0.3, 0.4) is 0 Å². The second-order valence-corrected chi connectivity index (χ2v) is 3.05. The molecule has 1 heterocycles. The van der Waals surface area contributed by atoms with E-state index in [-0.39, 0.29) is 0 Å². The van der Waals surface area contributed by atoms with E-state index in [2.05, 4.69) is 14.9 Å². The van der Waals surface area contributed by atoms with Crippen LogP contribution in [0.4, 0.5) is 0 Å². The van der Waals surface area contributed by atoms with Gasteiger partial charge in [0.1, 0.15) is 24.4 Å². The third-order valence-electron chi connectivity index (χ3n) is 1.96. The fourth-order valence-electron chi connectivity index (χ4n) is 1.16. The van der Waals surface area contributed by atoms with Crippen molar-refractivity contribution in [2.75, 3.05) is 6.61 Å². The zero-order valence-electron chi connectivity index (χ0n) is 6.70. The lowest BCUT2D eigenvalue weighted by Gasteiger charge is -2.39. The standard InChI is InChI=1S/C6H11O6Si/c7-1-2-3(8)4(9)5(10)6(11-2)12-13/h2-10H,1H2/t2-,3-,4+,5-,6?/m1/s1. The summed E-state index contributed by atoms with van der Waals surface area (Å²) in [6.45, 7) is -0.461. The Balaban J connectivity index is 2.66. The zero-order valence-corrected chi connectivity index (χ0v) is 7.70. The number of hydrogen-bond acceptors (Lipinski definition) is 6. The van der Waals surface area contributed by atoms with Crippen LogP contribution in [0.25, 0.3) is 0 Å². The highest BCUT2D eigenvalue weighted by Gasteiger charge is 2.43. The first kappa shape index (κ1) is 11.1. The molecule has 1 aliphatic rings. The number of hydrogen-bond donors (Lipinski definition) is 4. The molecule has 0 aliphatic carbocycles. The molecule has 5 atom stereocenters. The van der Waals surface area contributed by atoms with Gasteiger partial charge >= 0.3 is 0 Å². The number of rotatable bonds is 2. The molecule has 1 aliphatic heterocycles. The fourth-order valence-corrected chi connectivity index (χ4v) is 1.36. The molecule has 0 aromatic carbocycles. The van der Waals surface area contributed by atoms with Gasteiger partial charge in [-0.15, -0.1) is 0 Å². The molecule has 0 amide bonds. The van der Waals surface area contributed by atoms with E-state index in [0.717, 1.165) is 0 Å². The molecular weight excluding hydrogens is 196 g/mol. The summed E-state index contributed by atoms with van der Waals surface area (Å²) in [7, 11) is 2.64. The molecule has 75 valence electrons. The topological polar surface area (TPSA) is 99.4 Å². The Kier molecular flexibility index (Phi) is 3.80. The van der Waals surface area contributed by atoms with Gasteiger partial charge in [0.25, 0.3) is 0 Å². The van der Waals surface area contributed by atoms with Crippen molar-refractivity contribution in [1.82, 2.24) is 0 Å². The Morgan fingerprint density at radius 2 is 1.77 bits per heavy atom. The summed E-state index contributed by atoms with van der Waals surface area (Å²) in [6, 6.07) is 0. The lowest BCUT2D eigenvalue weighted by atomic mass is 10.00. The van der Waals surface area contributed by atoms with Crippen molar-refractivity contribution < 1.29 is 29.6 Å². The Labute approximate surface area is 78.3 Å². The zero-order chi connectivity index (χ0) is 10.0. The Hall–Kier alpha value is -0.0231. The molecule has 1 unspecified atom stereocenters. The van der Waals surface area contributed by atoms with Crippen LogP contribution in [-0.4, -0.2) is 68.2 Å². The van der Waals surface area contributed by atoms with E-state index in [1.807, 2.05) is 0 Å². The van der Waals surface area contributed by atoms with Gasteiger partial charge in [0.2, 0.25) is 10.5 Å². The van der Waals surface area contributed by atoms with E-state index in [4.69, 9.17) is 9.84 Å². The second-order valence-electron chi connectivity index (χ2n) is 2.82. The highest BCUT2D eigenvalue weighted by Crippen LogP contribution is 2.20. The molecule has 0 aromatic rings. The molecule has 6 nitrogen and oxygen atoms in total. The highest BCUT2D eigenvalue weighted by atomic mass is 28.2. The molecule has 1 rings (SSSR count). The second kappa shape index (κ2) is 4.47. The molecule has 1 saturated heterocycles. The van der Waals surface area contributed by atoms with E-state index >= 15 is 0 Å². The normalized spacial score (nSPS) is 46.4. The number of aliphatic hydroxyl groups is 4. The van der Waals surface area contributed by atoms with E-state index in [1.165, 1.54) is 0 Å². The lowest BCUT2D eigenvalue weighted by molar-refractivity contribution is -0.277. The average Bonchev–Trinajstić information content (AvgIpc) is 2.15. The van der Waals surface area contributed by atoms with Crippen molar-refractivity contribution in [3.8, 4) is 0 Å². The number of aliphatic hydroxyl groups excluding tert-OH is 4. The van der Waals surface area contributed by atoms with Gasteiger partial charge < -0.3 is 29.6 Å². The smallest absolute Gasteiger partial charge is 0.250 e. The molecule has 13 heavy (non-hydrogen) atoms. The van der Waals surface area contributed by atoms with Gasteiger partial charge in [-0.2, -0.15) is 0 Å². The maximum absolute atomic E-state index is 9.26. The largest absolute Gasteiger partial charge is 0.394 e. The van der Waals surface area contributed by atoms with Crippen LogP contribution < -0.4 is 0 Å². The Bertz CT molecular complexity index is 147. The van der Waals surface area contributed by atoms with Crippen LogP contribution in [0.15, 0.2) is 0 Å². The maximum atomic E-state index is 9.26. The van der Waals surface area contributed by atoms with Crippen molar-refractivity contribution >= 4 is 10.5 Å². The van der Waals surface area contributed by atoms with Crippen LogP contribution in [-0.2, 0) is 9.16 Å². The quantitative estimate of drug-likeness (QED) is 0.358. The third kappa shape index (κ3) is 2.07. The lowest BCUT2D eigenvalue weighted by Crippen LogP contribution is -2.59. The predicted octanol–water partition coefficient (Wildman–Crippen LogP) is -3.11. The SMILES string of the molecule is OC[C@H]1OC(O[Si])[C@H](O)[C@@H](O)[C@@H]1O. The molecule has 0 bridgehead atoms. The molecular formula is C6H11O6Si. The van der Waals surface area contributed by atoms with Crippen molar-refractivity contribution in [3.05, 3.63) is 0 Å². The maximum Gasteiger partial charge on any atom is 0.250 e. The highest BCUT2D eigenvalue weighted by molar-refractivity contribution is 5.98. The predicted molar refractivity (Wildman–Crippen MR) is 40.6 cm³/mol. The third-order valence-corrected chi connectivity index (χ3v) is 2.20. The summed E-state index contributed by atoms with van der Waals surface area (Å²) >= 11 is 0. The monoisotopic (exact) mass is 207 g/mol. The van der Waals surface area contributed by atoms with Crippen molar-refractivity contribution in [2.45, 2.75) is 30.7 Å². The summed E-state index contributed by atoms with van der Waals surface area (Å²) < 4.78 is 9.40. The first-order valence-corrected chi connectivity index (χ1v) is 4.15. The van der Waals surface area contributed by atoms with Crippen LogP contribution in [0.5, 0.6) is 0 Å². The van der Waals surface area contributed by atoms with Crippen molar-refractivity contribution in [2.24, 2.45) is 0 Å². The summed E-state index contributed by atoms with van der Waals surface area (Å²) in [5.41, 5.74) is 0. The molecule has 0 saturated carbocycles. The van der Waals surface area contributed by atoms with E-state index in [9.17, 15) is 15.3 Å². The van der Waals surface area contributed by atoms with Gasteiger partial charge in [0.15, 0.2) is 6.29 Å². The summed E-state index contributed by atoms with van der Waals surface area (Å²) in [6.07, 6.45) is -6.13. The van der Waals surface area contributed by atoms with Crippen molar-refractivity contribution in [3.63, 3.8) is 0 Å². The van der Waals surface area contributed by atoms with Crippen LogP contribution in [0.2, 0.25) is 0 Å². The van der Waals surface area contributed by atoms with Crippen LogP contribution in [0, 0.1) is 0 Å². The van der Waals surface area contributed by atoms with E-state index < -0.39 is 37.3 Å². The van der Waals surface area contributed by atoms with Gasteiger partial charge in [-0.1, -0.05) is 0 Å². The minimum absolute atomic E-state index is 0.461. The summed E-state index contributed by atoms with van der Waals surface area (Å²) in [5.74, 6) is 0. The summed E-state index contributed by atoms with van der Waals surface area (Å²) in [5, 5.41) is 36.5. The first-order chi connectivity index (χ1) is 6.11. The van der Waals surface area contributed by atoms with Gasteiger partial charge in [0, 0.05) is 0 Å². The van der Waals surface area contributed by atoms with Gasteiger partial charge in [0.05, 0.1) is 6.61 Å². The molecule has 0 spiro atoms. The minimum Gasteiger partial charge on any atom is -0.394 e. The van der Waals surface area contributed by atoms with Crippen LogP contribution in [0.1, 0.15) is 0 Å². The molecule has 7 heteroatoms. The van der Waals surface area contributed by atoms with E-state index in [0.29, 0.717) is 0 Å². The van der Waals surface area contributed by atoms with Gasteiger partial charge in [-0.25, -0.2) is 0 Å². The molecule has 0 aromatic heterocycles. The summed E-state index contributed by atoms with van der Waals surface area (Å²) in [4.78, 5) is 0. The molecule has 1 fully saturated rings. The van der Waals surface area contributed by atoms with Gasteiger partial charge in [-0.3, -0.25) is 0 Å². The first-order valence-electron chi connectivity index (χ1n) is 3.74. The van der Waals surface area contributed by atoms with Crippen molar-refractivity contribution in [1.29, 1.82) is 0 Å². The van der Waals surface area contributed by atoms with E-state index in [1.54, 1.807) is 0 Å². The van der Waals surface area contributed by atoms with Crippen LogP contribution >= 0.6 is 0 Å². The van der Waals surface area contributed by atoms with Gasteiger partial charge in [-0.05, 0) is 0 Å². The molecule has 3 radical (unpaired) electrons. The Morgan fingerprint density at radius 3 is 2.23 bits per heavy atom. The fraction of sp³-hybridized carbons (Fsp3) is 1.00.